The molecule has 4 N–H and O–H groups in total. The van der Waals surface area contributed by atoms with Crippen LogP contribution in [0.4, 0.5) is 5.69 Å². The molecule has 1 heterocycles. The number of hydrogen-bond donors (Lipinski definition) is 2. The van der Waals surface area contributed by atoms with Gasteiger partial charge in [0.1, 0.15) is 5.52 Å². The Morgan fingerprint density at radius 1 is 1.26 bits per heavy atom. The Labute approximate surface area is 117 Å². The molecule has 0 spiro atoms. The first kappa shape index (κ1) is 13.3. The van der Waals surface area contributed by atoms with Gasteiger partial charge in [0, 0.05) is 0 Å². The van der Waals surface area contributed by atoms with E-state index in [1.807, 2.05) is 0 Å². The van der Waals surface area contributed by atoms with E-state index < -0.39 is 5.91 Å². The number of nitrogens with zero attached hydrogens (tertiary/aromatic N) is 2. The van der Waals surface area contributed by atoms with E-state index in [1.165, 1.54) is 20.3 Å². The molecular weight excluding hydrogens is 316 g/mol. The van der Waals surface area contributed by atoms with Crippen molar-refractivity contribution in [1.82, 2.24) is 9.97 Å². The topological polar surface area (TPSA) is 113 Å². The molecule has 0 aliphatic carbocycles. The predicted octanol–water partition coefficient (Wildman–Crippen LogP) is 1.09. The number of hydrogen-bond acceptors (Lipinski definition) is 6. The summed E-state index contributed by atoms with van der Waals surface area (Å²) in [5, 5.41) is 0. The largest absolute Gasteiger partial charge is 0.477 e. The minimum Gasteiger partial charge on any atom is -0.477 e. The first-order valence-corrected chi connectivity index (χ1v) is 5.96. The third-order valence-corrected chi connectivity index (χ3v) is 3.33. The predicted molar refractivity (Wildman–Crippen MR) is 73.3 cm³/mol. The zero-order valence-electron chi connectivity index (χ0n) is 10.2. The number of carbonyl (C=O) groups is 1. The van der Waals surface area contributed by atoms with E-state index in [-0.39, 0.29) is 23.0 Å². The molecule has 0 bridgehead atoms. The van der Waals surface area contributed by atoms with Crippen LogP contribution >= 0.6 is 15.9 Å². The second-order valence-electron chi connectivity index (χ2n) is 3.63. The fraction of sp³-hybridized carbons (Fsp3) is 0.182. The fourth-order valence-corrected chi connectivity index (χ4v) is 2.11. The standard InChI is InChI=1S/C11H11BrN4O3/c1-18-10-11(19-2)16-8-5(15-10)3-4(9(14)17)7(13)6(8)12/h3H,13H2,1-2H3,(H2,14,17). The molecule has 0 radical (unpaired) electrons. The lowest BCUT2D eigenvalue weighted by Crippen LogP contribution is -2.14. The highest BCUT2D eigenvalue weighted by Gasteiger charge is 2.18. The molecule has 0 saturated carbocycles. The van der Waals surface area contributed by atoms with Crippen LogP contribution in [0.15, 0.2) is 10.5 Å². The first-order valence-electron chi connectivity index (χ1n) is 5.17. The van der Waals surface area contributed by atoms with Gasteiger partial charge < -0.3 is 20.9 Å². The Balaban J connectivity index is 2.85. The number of amides is 1. The van der Waals surface area contributed by atoms with Crippen LogP contribution in [0, 0.1) is 0 Å². The summed E-state index contributed by atoms with van der Waals surface area (Å²) < 4.78 is 10.6. The van der Waals surface area contributed by atoms with Crippen LogP contribution in [0.2, 0.25) is 0 Å². The molecule has 0 aliphatic heterocycles. The molecule has 0 atom stereocenters. The van der Waals surface area contributed by atoms with Crippen molar-refractivity contribution < 1.29 is 14.3 Å². The maximum Gasteiger partial charge on any atom is 0.278 e. The van der Waals surface area contributed by atoms with Crippen LogP contribution in [-0.4, -0.2) is 30.1 Å². The molecule has 2 aromatic rings. The maximum atomic E-state index is 11.3. The van der Waals surface area contributed by atoms with E-state index in [4.69, 9.17) is 20.9 Å². The van der Waals surface area contributed by atoms with E-state index in [0.717, 1.165) is 0 Å². The number of benzene rings is 1. The monoisotopic (exact) mass is 326 g/mol. The molecule has 1 aromatic carbocycles. The van der Waals surface area contributed by atoms with Gasteiger partial charge in [-0.3, -0.25) is 4.79 Å². The van der Waals surface area contributed by atoms with Crippen LogP contribution in [0.3, 0.4) is 0 Å². The average Bonchev–Trinajstić information content (AvgIpc) is 2.41. The minimum absolute atomic E-state index is 0.167. The first-order chi connectivity index (χ1) is 8.99. The maximum absolute atomic E-state index is 11.3. The van der Waals surface area contributed by atoms with Gasteiger partial charge in [-0.2, -0.15) is 0 Å². The van der Waals surface area contributed by atoms with Crippen molar-refractivity contribution in [1.29, 1.82) is 0 Å². The molecule has 1 amide bonds. The SMILES string of the molecule is COc1nc2cc(C(N)=O)c(N)c(Br)c2nc1OC. The van der Waals surface area contributed by atoms with Crippen molar-refractivity contribution >= 4 is 38.6 Å². The molecule has 0 aliphatic rings. The second-order valence-corrected chi connectivity index (χ2v) is 4.42. The molecule has 0 fully saturated rings. The van der Waals surface area contributed by atoms with Crippen LogP contribution in [0.1, 0.15) is 10.4 Å². The molecular formula is C11H11BrN4O3. The number of halogens is 1. The molecule has 100 valence electrons. The normalized spacial score (nSPS) is 10.5. The van der Waals surface area contributed by atoms with Crippen LogP contribution in [-0.2, 0) is 0 Å². The molecule has 2 rings (SSSR count). The lowest BCUT2D eigenvalue weighted by molar-refractivity contribution is 0.100. The summed E-state index contributed by atoms with van der Waals surface area (Å²) in [7, 11) is 2.90. The van der Waals surface area contributed by atoms with E-state index >= 15 is 0 Å². The number of aromatic nitrogens is 2. The zero-order valence-corrected chi connectivity index (χ0v) is 11.8. The zero-order chi connectivity index (χ0) is 14.2. The smallest absolute Gasteiger partial charge is 0.278 e. The van der Waals surface area contributed by atoms with Crippen molar-refractivity contribution in [3.63, 3.8) is 0 Å². The van der Waals surface area contributed by atoms with Crippen LogP contribution < -0.4 is 20.9 Å². The summed E-state index contributed by atoms with van der Waals surface area (Å²) in [6, 6.07) is 1.46. The molecule has 8 heteroatoms. The Morgan fingerprint density at radius 3 is 2.37 bits per heavy atom. The summed E-state index contributed by atoms with van der Waals surface area (Å²) in [6.07, 6.45) is 0. The van der Waals surface area contributed by atoms with Gasteiger partial charge in [-0.15, -0.1) is 0 Å². The van der Waals surface area contributed by atoms with Crippen molar-refractivity contribution in [3.05, 3.63) is 16.1 Å². The van der Waals surface area contributed by atoms with Crippen molar-refractivity contribution in [2.24, 2.45) is 5.73 Å². The van der Waals surface area contributed by atoms with Gasteiger partial charge in [-0.05, 0) is 22.0 Å². The third-order valence-electron chi connectivity index (χ3n) is 2.53. The number of ether oxygens (including phenoxy) is 2. The van der Waals surface area contributed by atoms with E-state index in [1.54, 1.807) is 0 Å². The van der Waals surface area contributed by atoms with Gasteiger partial charge >= 0.3 is 0 Å². The van der Waals surface area contributed by atoms with Gasteiger partial charge in [0.05, 0.1) is 35.5 Å². The van der Waals surface area contributed by atoms with Gasteiger partial charge in [0.2, 0.25) is 0 Å². The molecule has 7 nitrogen and oxygen atoms in total. The Hall–Kier alpha value is -2.09. The van der Waals surface area contributed by atoms with Gasteiger partial charge in [0.25, 0.3) is 17.7 Å². The number of primary amides is 1. The Kier molecular flexibility index (Phi) is 3.43. The summed E-state index contributed by atoms with van der Waals surface area (Å²) >= 11 is 3.28. The highest BCUT2D eigenvalue weighted by atomic mass is 79.9. The Morgan fingerprint density at radius 2 is 1.84 bits per heavy atom. The lowest BCUT2D eigenvalue weighted by atomic mass is 10.1. The summed E-state index contributed by atoms with van der Waals surface area (Å²) in [4.78, 5) is 19.8. The third kappa shape index (κ3) is 2.14. The summed E-state index contributed by atoms with van der Waals surface area (Å²) in [6.45, 7) is 0. The number of rotatable bonds is 3. The molecule has 1 aromatic heterocycles. The number of methoxy groups -OCH3 is 2. The Bertz CT molecular complexity index is 675. The number of fused-ring (bicyclic) bond motifs is 1. The van der Waals surface area contributed by atoms with E-state index in [2.05, 4.69) is 25.9 Å². The molecule has 19 heavy (non-hydrogen) atoms. The number of nitrogen functional groups attached to an aromatic ring is 1. The van der Waals surface area contributed by atoms with E-state index in [9.17, 15) is 4.79 Å². The highest BCUT2D eigenvalue weighted by Crippen LogP contribution is 2.34. The van der Waals surface area contributed by atoms with Crippen LogP contribution in [0.25, 0.3) is 11.0 Å². The average molecular weight is 327 g/mol. The van der Waals surface area contributed by atoms with Gasteiger partial charge in [-0.1, -0.05) is 0 Å². The molecule has 0 unspecified atom stereocenters. The number of nitrogens with two attached hydrogens (primary N) is 2. The molecule has 0 saturated heterocycles. The van der Waals surface area contributed by atoms with Gasteiger partial charge in [0.15, 0.2) is 0 Å². The quantitative estimate of drug-likeness (QED) is 0.816. The van der Waals surface area contributed by atoms with Gasteiger partial charge in [-0.25, -0.2) is 9.97 Å². The minimum atomic E-state index is -0.642. The number of anilines is 1. The highest BCUT2D eigenvalue weighted by molar-refractivity contribution is 9.10. The van der Waals surface area contributed by atoms with Crippen molar-refractivity contribution in [3.8, 4) is 11.8 Å². The van der Waals surface area contributed by atoms with Crippen molar-refractivity contribution in [2.45, 2.75) is 0 Å². The number of carbonyl (C=O) groups excluding carboxylic acids is 1. The second kappa shape index (κ2) is 4.88. The van der Waals surface area contributed by atoms with Crippen molar-refractivity contribution in [2.75, 3.05) is 20.0 Å². The van der Waals surface area contributed by atoms with Crippen LogP contribution in [0.5, 0.6) is 11.8 Å². The van der Waals surface area contributed by atoms with E-state index in [0.29, 0.717) is 15.5 Å². The summed E-state index contributed by atoms with van der Waals surface area (Å²) in [5.74, 6) is -0.208. The summed E-state index contributed by atoms with van der Waals surface area (Å²) in [5.41, 5.74) is 12.3. The fourth-order valence-electron chi connectivity index (χ4n) is 1.61. The lowest BCUT2D eigenvalue weighted by Gasteiger charge is -2.10.